The van der Waals surface area contributed by atoms with Gasteiger partial charge in [0.05, 0.1) is 13.2 Å². The summed E-state index contributed by atoms with van der Waals surface area (Å²) in [5, 5.41) is 6.69. The number of aromatic nitrogens is 1. The fraction of sp³-hybridized carbons (Fsp3) is 0.556. The van der Waals surface area contributed by atoms with Gasteiger partial charge in [-0.05, 0) is 19.8 Å². The predicted octanol–water partition coefficient (Wildman–Crippen LogP) is 2.48. The van der Waals surface area contributed by atoms with E-state index < -0.39 is 0 Å². The Kier molecular flexibility index (Phi) is 5.82. The number of amides is 1. The van der Waals surface area contributed by atoms with Crippen LogP contribution in [-0.4, -0.2) is 37.4 Å². The lowest BCUT2D eigenvalue weighted by Gasteiger charge is -2.18. The molecule has 1 fully saturated rings. The normalized spacial score (nSPS) is 23.3. The molecule has 6 heteroatoms. The van der Waals surface area contributed by atoms with Crippen LogP contribution in [0.25, 0.3) is 0 Å². The topological polar surface area (TPSA) is 73.6 Å². The van der Waals surface area contributed by atoms with Crippen LogP contribution in [0, 0.1) is 11.8 Å². The number of ether oxygens (including phenoxy) is 2. The standard InChI is InChI=1S/C18H24N2O4/c1-13-4-2-3-5-15(13)11-23-12-16-8-17(20-24-16)18(21)19-9-14-6-7-22-10-14/h2-4,8,14-15H,5-7,9-12H2,1H3,(H,19,21). The van der Waals surface area contributed by atoms with Gasteiger partial charge in [0, 0.05) is 31.1 Å². The van der Waals surface area contributed by atoms with Crippen molar-refractivity contribution < 1.29 is 18.8 Å². The highest BCUT2D eigenvalue weighted by Gasteiger charge is 2.19. The first-order valence-corrected chi connectivity index (χ1v) is 8.45. The third kappa shape index (κ3) is 4.55. The summed E-state index contributed by atoms with van der Waals surface area (Å²) in [6.45, 7) is 5.17. The van der Waals surface area contributed by atoms with Gasteiger partial charge in [-0.25, -0.2) is 0 Å². The van der Waals surface area contributed by atoms with Gasteiger partial charge in [-0.1, -0.05) is 29.0 Å². The SMILES string of the molecule is CC1=CC=CCC1COCc1cc(C(=O)NCC2CCOC2)no1. The second kappa shape index (κ2) is 8.26. The van der Waals surface area contributed by atoms with Crippen LogP contribution in [0.3, 0.4) is 0 Å². The molecule has 130 valence electrons. The minimum Gasteiger partial charge on any atom is -0.381 e. The average molecular weight is 332 g/mol. The molecule has 1 aromatic heterocycles. The number of nitrogens with one attached hydrogen (secondary N) is 1. The summed E-state index contributed by atoms with van der Waals surface area (Å²) in [7, 11) is 0. The second-order valence-electron chi connectivity index (χ2n) is 6.40. The van der Waals surface area contributed by atoms with Crippen molar-refractivity contribution in [1.29, 1.82) is 0 Å². The van der Waals surface area contributed by atoms with Crippen molar-refractivity contribution in [2.75, 3.05) is 26.4 Å². The molecule has 1 aliphatic heterocycles. The van der Waals surface area contributed by atoms with E-state index in [0.29, 0.717) is 49.7 Å². The Morgan fingerprint density at radius 2 is 2.42 bits per heavy atom. The van der Waals surface area contributed by atoms with Gasteiger partial charge in [0.25, 0.3) is 5.91 Å². The van der Waals surface area contributed by atoms with Gasteiger partial charge in [-0.2, -0.15) is 0 Å². The van der Waals surface area contributed by atoms with E-state index in [4.69, 9.17) is 14.0 Å². The lowest BCUT2D eigenvalue weighted by molar-refractivity contribution is 0.0802. The summed E-state index contributed by atoms with van der Waals surface area (Å²) in [5.41, 5.74) is 1.62. The van der Waals surface area contributed by atoms with Crippen LogP contribution in [0.5, 0.6) is 0 Å². The summed E-state index contributed by atoms with van der Waals surface area (Å²) in [4.78, 5) is 12.0. The molecule has 1 aromatic rings. The molecule has 0 radical (unpaired) electrons. The molecule has 1 N–H and O–H groups in total. The maximum atomic E-state index is 12.0. The van der Waals surface area contributed by atoms with Crippen molar-refractivity contribution in [2.45, 2.75) is 26.4 Å². The summed E-state index contributed by atoms with van der Waals surface area (Å²) in [5.74, 6) is 1.16. The molecule has 0 saturated carbocycles. The zero-order chi connectivity index (χ0) is 16.8. The number of nitrogens with zero attached hydrogens (tertiary/aromatic N) is 1. The third-order valence-electron chi connectivity index (χ3n) is 4.49. The number of hydrogen-bond donors (Lipinski definition) is 1. The Balaban J connectivity index is 1.40. The first-order chi connectivity index (χ1) is 11.7. The Morgan fingerprint density at radius 1 is 1.50 bits per heavy atom. The maximum Gasteiger partial charge on any atom is 0.273 e. The van der Waals surface area contributed by atoms with E-state index in [1.54, 1.807) is 6.07 Å². The van der Waals surface area contributed by atoms with Gasteiger partial charge in [0.15, 0.2) is 11.5 Å². The largest absolute Gasteiger partial charge is 0.381 e. The molecular weight excluding hydrogens is 308 g/mol. The molecular formula is C18H24N2O4. The van der Waals surface area contributed by atoms with Crippen molar-refractivity contribution in [1.82, 2.24) is 10.5 Å². The molecule has 2 aliphatic rings. The van der Waals surface area contributed by atoms with Crippen molar-refractivity contribution in [3.63, 3.8) is 0 Å². The molecule has 3 rings (SSSR count). The summed E-state index contributed by atoms with van der Waals surface area (Å²) >= 11 is 0. The highest BCUT2D eigenvalue weighted by Crippen LogP contribution is 2.20. The Hall–Kier alpha value is -1.92. The van der Waals surface area contributed by atoms with Crippen molar-refractivity contribution in [3.8, 4) is 0 Å². The fourth-order valence-corrected chi connectivity index (χ4v) is 2.85. The second-order valence-corrected chi connectivity index (χ2v) is 6.40. The molecule has 2 heterocycles. The lowest BCUT2D eigenvalue weighted by atomic mass is 9.94. The number of rotatable bonds is 7. The van der Waals surface area contributed by atoms with E-state index in [1.807, 2.05) is 0 Å². The first kappa shape index (κ1) is 16.9. The summed E-state index contributed by atoms with van der Waals surface area (Å²) in [6.07, 6.45) is 8.32. The molecule has 24 heavy (non-hydrogen) atoms. The van der Waals surface area contributed by atoms with E-state index in [2.05, 4.69) is 35.6 Å². The van der Waals surface area contributed by atoms with Gasteiger partial charge in [-0.15, -0.1) is 0 Å². The Labute approximate surface area is 141 Å². The van der Waals surface area contributed by atoms with Crippen molar-refractivity contribution in [2.24, 2.45) is 11.8 Å². The van der Waals surface area contributed by atoms with Crippen molar-refractivity contribution >= 4 is 5.91 Å². The van der Waals surface area contributed by atoms with Crippen molar-refractivity contribution in [3.05, 3.63) is 41.3 Å². The van der Waals surface area contributed by atoms with Gasteiger partial charge < -0.3 is 19.3 Å². The molecule has 2 atom stereocenters. The van der Waals surface area contributed by atoms with Gasteiger partial charge >= 0.3 is 0 Å². The number of hydrogen-bond acceptors (Lipinski definition) is 5. The van der Waals surface area contributed by atoms with Gasteiger partial charge in [-0.3, -0.25) is 4.79 Å². The van der Waals surface area contributed by atoms with Crippen LogP contribution in [-0.2, 0) is 16.1 Å². The van der Waals surface area contributed by atoms with Crippen LogP contribution in [0.4, 0.5) is 0 Å². The fourth-order valence-electron chi connectivity index (χ4n) is 2.85. The lowest BCUT2D eigenvalue weighted by Crippen LogP contribution is -2.29. The number of carbonyl (C=O) groups is 1. The average Bonchev–Trinajstić information content (AvgIpc) is 3.26. The van der Waals surface area contributed by atoms with Gasteiger partial charge in [0.1, 0.15) is 6.61 Å². The van der Waals surface area contributed by atoms with Gasteiger partial charge in [0.2, 0.25) is 0 Å². The molecule has 6 nitrogen and oxygen atoms in total. The van der Waals surface area contributed by atoms with E-state index in [0.717, 1.165) is 19.4 Å². The molecule has 0 spiro atoms. The quantitative estimate of drug-likeness (QED) is 0.830. The molecule has 1 saturated heterocycles. The highest BCUT2D eigenvalue weighted by molar-refractivity contribution is 5.92. The minimum absolute atomic E-state index is 0.215. The maximum absolute atomic E-state index is 12.0. The van der Waals surface area contributed by atoms with Crippen LogP contribution in [0.2, 0.25) is 0 Å². The van der Waals surface area contributed by atoms with Crippen LogP contribution in [0.1, 0.15) is 36.0 Å². The summed E-state index contributed by atoms with van der Waals surface area (Å²) in [6, 6.07) is 1.64. The Morgan fingerprint density at radius 3 is 3.21 bits per heavy atom. The summed E-state index contributed by atoms with van der Waals surface area (Å²) < 4.78 is 16.2. The third-order valence-corrected chi connectivity index (χ3v) is 4.49. The smallest absolute Gasteiger partial charge is 0.273 e. The van der Waals surface area contributed by atoms with E-state index in [9.17, 15) is 4.79 Å². The Bertz CT molecular complexity index is 614. The first-order valence-electron chi connectivity index (χ1n) is 8.45. The van der Waals surface area contributed by atoms with E-state index in [1.165, 1.54) is 5.57 Å². The number of allylic oxidation sites excluding steroid dienone is 3. The zero-order valence-electron chi connectivity index (χ0n) is 14.0. The molecule has 2 unspecified atom stereocenters. The zero-order valence-corrected chi connectivity index (χ0v) is 14.0. The monoisotopic (exact) mass is 332 g/mol. The van der Waals surface area contributed by atoms with E-state index in [-0.39, 0.29) is 5.91 Å². The highest BCUT2D eigenvalue weighted by atomic mass is 16.5. The van der Waals surface area contributed by atoms with E-state index >= 15 is 0 Å². The van der Waals surface area contributed by atoms with Crippen LogP contribution < -0.4 is 5.32 Å². The molecule has 0 bridgehead atoms. The minimum atomic E-state index is -0.215. The van der Waals surface area contributed by atoms with Crippen LogP contribution >= 0.6 is 0 Å². The number of carbonyl (C=O) groups excluding carboxylic acids is 1. The molecule has 1 amide bonds. The molecule has 1 aliphatic carbocycles. The van der Waals surface area contributed by atoms with Crippen LogP contribution in [0.15, 0.2) is 34.4 Å². The predicted molar refractivity (Wildman–Crippen MR) is 88.4 cm³/mol. The molecule has 0 aromatic carbocycles.